The predicted molar refractivity (Wildman–Crippen MR) is 117 cm³/mol. The van der Waals surface area contributed by atoms with Crippen molar-refractivity contribution in [2.45, 2.75) is 25.4 Å². The first kappa shape index (κ1) is 21.5. The molecule has 5 nitrogen and oxygen atoms in total. The van der Waals surface area contributed by atoms with Crippen molar-refractivity contribution in [3.05, 3.63) is 60.2 Å². The first-order valence-electron chi connectivity index (χ1n) is 10.3. The fourth-order valence-electron chi connectivity index (χ4n) is 4.06. The Morgan fingerprint density at radius 3 is 2.16 bits per heavy atom. The number of hydrogen-bond donors (Lipinski definition) is 0. The fourth-order valence-corrected chi connectivity index (χ4v) is 4.91. The number of carbonyl (C=O) groups excluding carboxylic acids is 1. The highest BCUT2D eigenvalue weighted by Crippen LogP contribution is 2.29. The van der Waals surface area contributed by atoms with Gasteiger partial charge in [-0.15, -0.1) is 10.2 Å². The highest BCUT2D eigenvalue weighted by molar-refractivity contribution is 7.99. The third kappa shape index (κ3) is 4.95. The summed E-state index contributed by atoms with van der Waals surface area (Å²) in [6, 6.07) is 11.9. The van der Waals surface area contributed by atoms with Crippen molar-refractivity contribution in [2.75, 3.05) is 18.8 Å². The summed E-state index contributed by atoms with van der Waals surface area (Å²) in [6.45, 7) is 5.89. The summed E-state index contributed by atoms with van der Waals surface area (Å²) < 4.78 is 28.6. The molecule has 3 aromatic rings. The molecule has 0 aliphatic carbocycles. The number of thioether (sulfide) groups is 1. The number of aromatic nitrogens is 3. The number of amides is 1. The van der Waals surface area contributed by atoms with Crippen LogP contribution in [0.2, 0.25) is 0 Å². The summed E-state index contributed by atoms with van der Waals surface area (Å²) in [5, 5.41) is 9.08. The number of rotatable bonds is 5. The van der Waals surface area contributed by atoms with Crippen molar-refractivity contribution in [3.8, 4) is 17.1 Å². The quantitative estimate of drug-likeness (QED) is 0.532. The van der Waals surface area contributed by atoms with E-state index in [0.717, 1.165) is 19.5 Å². The van der Waals surface area contributed by atoms with Crippen LogP contribution in [0, 0.1) is 23.5 Å². The van der Waals surface area contributed by atoms with Crippen LogP contribution in [0.3, 0.4) is 0 Å². The molecule has 0 N–H and O–H groups in total. The number of halogens is 2. The molecule has 1 amide bonds. The van der Waals surface area contributed by atoms with Crippen molar-refractivity contribution < 1.29 is 13.6 Å². The third-order valence-corrected chi connectivity index (χ3v) is 6.28. The van der Waals surface area contributed by atoms with Gasteiger partial charge in [-0.05, 0) is 66.8 Å². The zero-order valence-corrected chi connectivity index (χ0v) is 18.3. The molecule has 2 aromatic carbocycles. The molecule has 31 heavy (non-hydrogen) atoms. The minimum Gasteiger partial charge on any atom is -0.341 e. The molecule has 2 heterocycles. The Morgan fingerprint density at radius 1 is 0.968 bits per heavy atom. The molecule has 2 atom stereocenters. The van der Waals surface area contributed by atoms with Crippen molar-refractivity contribution in [1.82, 2.24) is 19.7 Å². The first-order valence-corrected chi connectivity index (χ1v) is 11.3. The minimum atomic E-state index is -0.349. The van der Waals surface area contributed by atoms with Gasteiger partial charge in [-0.2, -0.15) is 0 Å². The molecule has 1 aliphatic rings. The fraction of sp³-hybridized carbons (Fsp3) is 0.348. The standard InChI is InChI=1S/C23H24F2N4OS/c1-15-11-16(2)13-28(12-15)21(30)14-31-23-27-26-22(17-3-5-18(24)6-4-17)29(23)20-9-7-19(25)8-10-20/h3-10,15-16H,11-14H2,1-2H3. The Kier molecular flexibility index (Phi) is 6.36. The average molecular weight is 443 g/mol. The number of carbonyl (C=O) groups is 1. The van der Waals surface area contributed by atoms with Gasteiger partial charge in [0.15, 0.2) is 11.0 Å². The lowest BCUT2D eigenvalue weighted by Crippen LogP contribution is -2.43. The molecule has 0 saturated carbocycles. The van der Waals surface area contributed by atoms with Gasteiger partial charge in [-0.3, -0.25) is 9.36 Å². The largest absolute Gasteiger partial charge is 0.341 e. The van der Waals surface area contributed by atoms with Gasteiger partial charge in [-0.1, -0.05) is 25.6 Å². The third-order valence-electron chi connectivity index (χ3n) is 5.37. The van der Waals surface area contributed by atoms with Gasteiger partial charge in [-0.25, -0.2) is 8.78 Å². The number of benzene rings is 2. The minimum absolute atomic E-state index is 0.0698. The normalized spacial score (nSPS) is 18.9. The van der Waals surface area contributed by atoms with E-state index in [1.807, 2.05) is 4.90 Å². The number of piperidine rings is 1. The van der Waals surface area contributed by atoms with E-state index < -0.39 is 0 Å². The summed E-state index contributed by atoms with van der Waals surface area (Å²) >= 11 is 1.30. The van der Waals surface area contributed by atoms with Crippen LogP contribution in [0.5, 0.6) is 0 Å². The van der Waals surface area contributed by atoms with E-state index in [1.165, 1.54) is 36.0 Å². The second-order valence-corrected chi connectivity index (χ2v) is 9.10. The van der Waals surface area contributed by atoms with Crippen LogP contribution in [0.4, 0.5) is 8.78 Å². The lowest BCUT2D eigenvalue weighted by molar-refractivity contribution is -0.130. The molecule has 2 unspecified atom stereocenters. The van der Waals surface area contributed by atoms with Gasteiger partial charge in [0.2, 0.25) is 5.91 Å². The zero-order chi connectivity index (χ0) is 22.0. The molecule has 1 fully saturated rings. The van der Waals surface area contributed by atoms with Gasteiger partial charge in [0.1, 0.15) is 11.6 Å². The summed E-state index contributed by atoms with van der Waals surface area (Å²) in [5.74, 6) is 1.10. The number of nitrogens with zero attached hydrogens (tertiary/aromatic N) is 4. The van der Waals surface area contributed by atoms with Gasteiger partial charge >= 0.3 is 0 Å². The van der Waals surface area contributed by atoms with Gasteiger partial charge in [0.05, 0.1) is 5.75 Å². The maximum absolute atomic E-state index is 13.5. The van der Waals surface area contributed by atoms with Crippen molar-refractivity contribution in [2.24, 2.45) is 11.8 Å². The van der Waals surface area contributed by atoms with Crippen LogP contribution < -0.4 is 0 Å². The summed E-state index contributed by atoms with van der Waals surface area (Å²) in [6.07, 6.45) is 1.14. The lowest BCUT2D eigenvalue weighted by Gasteiger charge is -2.34. The van der Waals surface area contributed by atoms with E-state index in [4.69, 9.17) is 0 Å². The Labute approximate surface area is 184 Å². The van der Waals surface area contributed by atoms with Crippen LogP contribution in [-0.2, 0) is 4.79 Å². The highest BCUT2D eigenvalue weighted by Gasteiger charge is 2.26. The van der Waals surface area contributed by atoms with Crippen LogP contribution in [0.25, 0.3) is 17.1 Å². The maximum Gasteiger partial charge on any atom is 0.233 e. The molecule has 162 valence electrons. The predicted octanol–water partition coefficient (Wildman–Crippen LogP) is 4.81. The van der Waals surface area contributed by atoms with Crippen LogP contribution in [-0.4, -0.2) is 44.4 Å². The molecule has 1 aromatic heterocycles. The molecule has 0 spiro atoms. The zero-order valence-electron chi connectivity index (χ0n) is 17.5. The van der Waals surface area contributed by atoms with Crippen LogP contribution >= 0.6 is 11.8 Å². The number of likely N-dealkylation sites (tertiary alicyclic amines) is 1. The molecule has 8 heteroatoms. The van der Waals surface area contributed by atoms with Gasteiger partial charge in [0.25, 0.3) is 0 Å². The van der Waals surface area contributed by atoms with E-state index >= 15 is 0 Å². The van der Waals surface area contributed by atoms with Gasteiger partial charge < -0.3 is 4.90 Å². The molecule has 0 radical (unpaired) electrons. The van der Waals surface area contributed by atoms with Crippen LogP contribution in [0.15, 0.2) is 53.7 Å². The monoisotopic (exact) mass is 442 g/mol. The molecule has 4 rings (SSSR count). The Bertz CT molecular complexity index is 1040. The summed E-state index contributed by atoms with van der Waals surface area (Å²) in [5.41, 5.74) is 1.34. The second kappa shape index (κ2) is 9.18. The Hall–Kier alpha value is -2.74. The molecule has 1 aliphatic heterocycles. The van der Waals surface area contributed by atoms with Crippen LogP contribution in [0.1, 0.15) is 20.3 Å². The molecular weight excluding hydrogens is 418 g/mol. The Balaban J connectivity index is 1.60. The van der Waals surface area contributed by atoms with E-state index in [1.54, 1.807) is 28.8 Å². The second-order valence-electron chi connectivity index (χ2n) is 8.16. The van der Waals surface area contributed by atoms with E-state index in [-0.39, 0.29) is 23.3 Å². The summed E-state index contributed by atoms with van der Waals surface area (Å²) in [4.78, 5) is 14.7. The number of hydrogen-bond acceptors (Lipinski definition) is 4. The average Bonchev–Trinajstić information content (AvgIpc) is 3.16. The highest BCUT2D eigenvalue weighted by atomic mass is 32.2. The van der Waals surface area contributed by atoms with E-state index in [2.05, 4.69) is 24.0 Å². The molecular formula is C23H24F2N4OS. The topological polar surface area (TPSA) is 51.0 Å². The van der Waals surface area contributed by atoms with Gasteiger partial charge in [0, 0.05) is 24.3 Å². The molecule has 0 bridgehead atoms. The van der Waals surface area contributed by atoms with E-state index in [0.29, 0.717) is 34.1 Å². The van der Waals surface area contributed by atoms with Crippen molar-refractivity contribution in [3.63, 3.8) is 0 Å². The lowest BCUT2D eigenvalue weighted by atomic mass is 9.92. The van der Waals surface area contributed by atoms with E-state index in [9.17, 15) is 13.6 Å². The summed E-state index contributed by atoms with van der Waals surface area (Å²) in [7, 11) is 0. The Morgan fingerprint density at radius 2 is 1.55 bits per heavy atom. The maximum atomic E-state index is 13.5. The van der Waals surface area contributed by atoms with Crippen molar-refractivity contribution in [1.29, 1.82) is 0 Å². The first-order chi connectivity index (χ1) is 14.9. The smallest absolute Gasteiger partial charge is 0.233 e. The SMILES string of the molecule is CC1CC(C)CN(C(=O)CSc2nnc(-c3ccc(F)cc3)n2-c2ccc(F)cc2)C1. The van der Waals surface area contributed by atoms with Crippen molar-refractivity contribution >= 4 is 17.7 Å². The molecule has 1 saturated heterocycles.